The van der Waals surface area contributed by atoms with Gasteiger partial charge in [-0.1, -0.05) is 28.1 Å². The molecule has 0 radical (unpaired) electrons. The fourth-order valence-corrected chi connectivity index (χ4v) is 3.31. The number of pyridine rings is 1. The Morgan fingerprint density at radius 3 is 2.30 bits per heavy atom. The van der Waals surface area contributed by atoms with Crippen LogP contribution in [0.3, 0.4) is 0 Å². The largest absolute Gasteiger partial charge is 0.364 e. The van der Waals surface area contributed by atoms with Gasteiger partial charge in [0.15, 0.2) is 0 Å². The van der Waals surface area contributed by atoms with Crippen LogP contribution >= 0.6 is 15.9 Å². The van der Waals surface area contributed by atoms with Crippen molar-refractivity contribution in [2.24, 2.45) is 5.73 Å². The van der Waals surface area contributed by atoms with Gasteiger partial charge >= 0.3 is 0 Å². The van der Waals surface area contributed by atoms with E-state index in [4.69, 9.17) is 5.73 Å². The second kappa shape index (κ2) is 8.29. The van der Waals surface area contributed by atoms with E-state index in [0.717, 1.165) is 10.0 Å². The number of nitrogens with zero attached hydrogens (tertiary/aromatic N) is 4. The quantitative estimate of drug-likeness (QED) is 0.802. The summed E-state index contributed by atoms with van der Waals surface area (Å²) in [5.41, 5.74) is 6.64. The number of nitriles is 1. The van der Waals surface area contributed by atoms with Gasteiger partial charge in [0.1, 0.15) is 11.7 Å². The Balaban J connectivity index is 1.63. The molecule has 0 aliphatic carbocycles. The zero-order valence-corrected chi connectivity index (χ0v) is 16.1. The topological polar surface area (TPSA) is 103 Å². The van der Waals surface area contributed by atoms with Crippen molar-refractivity contribution in [3.63, 3.8) is 0 Å². The summed E-state index contributed by atoms with van der Waals surface area (Å²) in [7, 11) is 0. The molecule has 8 heteroatoms. The fourth-order valence-electron chi connectivity index (χ4n) is 3.04. The van der Waals surface area contributed by atoms with Crippen LogP contribution < -0.4 is 5.73 Å². The summed E-state index contributed by atoms with van der Waals surface area (Å²) >= 11 is 3.40. The van der Waals surface area contributed by atoms with Crippen LogP contribution in [0.25, 0.3) is 0 Å². The molecule has 138 valence electrons. The van der Waals surface area contributed by atoms with E-state index in [9.17, 15) is 14.9 Å². The third kappa shape index (κ3) is 4.32. The van der Waals surface area contributed by atoms with Gasteiger partial charge in [0.05, 0.1) is 11.6 Å². The Morgan fingerprint density at radius 1 is 1.11 bits per heavy atom. The monoisotopic (exact) mass is 427 g/mol. The van der Waals surface area contributed by atoms with Crippen LogP contribution in [0.2, 0.25) is 0 Å². The average Bonchev–Trinajstić information content (AvgIpc) is 2.70. The Morgan fingerprint density at radius 2 is 1.78 bits per heavy atom. The summed E-state index contributed by atoms with van der Waals surface area (Å²) in [5, 5.41) is 9.59. The number of halogens is 1. The Kier molecular flexibility index (Phi) is 5.84. The number of rotatable bonds is 4. The summed E-state index contributed by atoms with van der Waals surface area (Å²) < 4.78 is 0.967. The number of piperazine rings is 1. The molecule has 1 aliphatic rings. The number of carbonyl (C=O) groups excluding carboxylic acids is 2. The van der Waals surface area contributed by atoms with Crippen molar-refractivity contribution in [3.8, 4) is 6.07 Å². The van der Waals surface area contributed by atoms with Gasteiger partial charge in [-0.15, -0.1) is 0 Å². The minimum Gasteiger partial charge on any atom is -0.364 e. The molecule has 2 heterocycles. The standard InChI is InChI=1S/C19H18BrN5O2/c20-15-4-1-13(2-5-15)17(11-21)24-7-9-25(10-8-24)19(27)14-3-6-16(18(22)26)23-12-14/h1-6,12,17H,7-10H2,(H2,22,26)/t17-/m0/s1. The Labute approximate surface area is 165 Å². The molecule has 0 bridgehead atoms. The second-order valence-corrected chi connectivity index (χ2v) is 7.12. The van der Waals surface area contributed by atoms with Crippen LogP contribution in [0, 0.1) is 11.3 Å². The zero-order valence-electron chi connectivity index (χ0n) is 14.5. The highest BCUT2D eigenvalue weighted by atomic mass is 79.9. The lowest BCUT2D eigenvalue weighted by atomic mass is 10.1. The number of primary amides is 1. The minimum atomic E-state index is -0.627. The van der Waals surface area contributed by atoms with E-state index >= 15 is 0 Å². The Bertz CT molecular complexity index is 868. The molecule has 2 aromatic rings. The van der Waals surface area contributed by atoms with E-state index < -0.39 is 5.91 Å². The lowest BCUT2D eigenvalue weighted by Crippen LogP contribution is -2.49. The van der Waals surface area contributed by atoms with Gasteiger partial charge in [0.2, 0.25) is 0 Å². The highest BCUT2D eigenvalue weighted by Gasteiger charge is 2.27. The molecule has 0 spiro atoms. The van der Waals surface area contributed by atoms with Crippen LogP contribution in [0.4, 0.5) is 0 Å². The van der Waals surface area contributed by atoms with Crippen LogP contribution in [-0.4, -0.2) is 52.8 Å². The first-order valence-electron chi connectivity index (χ1n) is 8.44. The molecule has 1 aliphatic heterocycles. The van der Waals surface area contributed by atoms with Crippen molar-refractivity contribution in [3.05, 3.63) is 63.9 Å². The molecule has 0 saturated carbocycles. The average molecular weight is 428 g/mol. The molecular formula is C19H18BrN5O2. The molecule has 7 nitrogen and oxygen atoms in total. The zero-order chi connectivity index (χ0) is 19.4. The maximum absolute atomic E-state index is 12.6. The van der Waals surface area contributed by atoms with Gasteiger partial charge in [0, 0.05) is 36.8 Å². The van der Waals surface area contributed by atoms with Gasteiger partial charge in [-0.3, -0.25) is 19.5 Å². The van der Waals surface area contributed by atoms with Gasteiger partial charge in [-0.25, -0.2) is 0 Å². The van der Waals surface area contributed by atoms with Crippen molar-refractivity contribution in [1.82, 2.24) is 14.8 Å². The predicted molar refractivity (Wildman–Crippen MR) is 103 cm³/mol. The smallest absolute Gasteiger partial charge is 0.267 e. The van der Waals surface area contributed by atoms with Gasteiger partial charge in [-0.2, -0.15) is 5.26 Å². The first kappa shape index (κ1) is 19.0. The molecule has 1 saturated heterocycles. The van der Waals surface area contributed by atoms with Gasteiger partial charge < -0.3 is 10.6 Å². The number of hydrogen-bond acceptors (Lipinski definition) is 5. The maximum atomic E-state index is 12.6. The van der Waals surface area contributed by atoms with E-state index in [1.807, 2.05) is 24.3 Å². The molecule has 27 heavy (non-hydrogen) atoms. The van der Waals surface area contributed by atoms with E-state index in [1.54, 1.807) is 11.0 Å². The first-order valence-corrected chi connectivity index (χ1v) is 9.23. The van der Waals surface area contributed by atoms with E-state index in [-0.39, 0.29) is 17.6 Å². The predicted octanol–water partition coefficient (Wildman–Crippen LogP) is 1.97. The van der Waals surface area contributed by atoms with E-state index in [1.165, 1.54) is 12.3 Å². The highest BCUT2D eigenvalue weighted by Crippen LogP contribution is 2.23. The number of carbonyl (C=O) groups is 2. The fraction of sp³-hybridized carbons (Fsp3) is 0.263. The first-order chi connectivity index (χ1) is 13.0. The molecule has 2 amide bonds. The number of benzene rings is 1. The van der Waals surface area contributed by atoms with Crippen molar-refractivity contribution < 1.29 is 9.59 Å². The van der Waals surface area contributed by atoms with Crippen molar-refractivity contribution >= 4 is 27.7 Å². The highest BCUT2D eigenvalue weighted by molar-refractivity contribution is 9.10. The molecule has 1 atom stereocenters. The number of aromatic nitrogens is 1. The molecular weight excluding hydrogens is 410 g/mol. The molecule has 1 fully saturated rings. The number of hydrogen-bond donors (Lipinski definition) is 1. The van der Waals surface area contributed by atoms with Crippen molar-refractivity contribution in [1.29, 1.82) is 5.26 Å². The summed E-state index contributed by atoms with van der Waals surface area (Å²) in [6, 6.07) is 12.7. The molecule has 0 unspecified atom stereocenters. The van der Waals surface area contributed by atoms with Crippen molar-refractivity contribution in [2.45, 2.75) is 6.04 Å². The van der Waals surface area contributed by atoms with Crippen LogP contribution in [0.15, 0.2) is 47.1 Å². The molecule has 1 aromatic heterocycles. The Hall–Kier alpha value is -2.76. The minimum absolute atomic E-state index is 0.128. The van der Waals surface area contributed by atoms with Gasteiger partial charge in [0.25, 0.3) is 11.8 Å². The SMILES string of the molecule is N#C[C@@H](c1ccc(Br)cc1)N1CCN(C(=O)c2ccc(C(N)=O)nc2)CC1. The number of amides is 2. The summed E-state index contributed by atoms with van der Waals surface area (Å²) in [6.45, 7) is 2.25. The van der Waals surface area contributed by atoms with Gasteiger partial charge in [-0.05, 0) is 29.8 Å². The normalized spacial score (nSPS) is 15.8. The number of nitrogens with two attached hydrogens (primary N) is 1. The van der Waals surface area contributed by atoms with Crippen LogP contribution in [0.1, 0.15) is 32.5 Å². The van der Waals surface area contributed by atoms with Crippen LogP contribution in [0.5, 0.6) is 0 Å². The molecule has 3 rings (SSSR count). The van der Waals surface area contributed by atoms with E-state index in [2.05, 4.69) is 31.9 Å². The lowest BCUT2D eigenvalue weighted by molar-refractivity contribution is 0.0605. The second-order valence-electron chi connectivity index (χ2n) is 6.21. The molecule has 2 N–H and O–H groups in total. The summed E-state index contributed by atoms with van der Waals surface area (Å²) in [6.07, 6.45) is 1.37. The van der Waals surface area contributed by atoms with Crippen LogP contribution in [-0.2, 0) is 0 Å². The maximum Gasteiger partial charge on any atom is 0.267 e. The van der Waals surface area contributed by atoms with Crippen molar-refractivity contribution in [2.75, 3.05) is 26.2 Å². The summed E-state index contributed by atoms with van der Waals surface area (Å²) in [4.78, 5) is 31.4. The summed E-state index contributed by atoms with van der Waals surface area (Å²) in [5.74, 6) is -0.770. The molecule has 1 aromatic carbocycles. The third-order valence-corrected chi connectivity index (χ3v) is 5.07. The van der Waals surface area contributed by atoms with E-state index in [0.29, 0.717) is 31.7 Å². The lowest BCUT2D eigenvalue weighted by Gasteiger charge is -2.37. The third-order valence-electron chi connectivity index (χ3n) is 4.54.